The molecule has 19 nitrogen and oxygen atoms in total. The first kappa shape index (κ1) is 49.2. The largest absolute Gasteiger partial charge is 0.394 e. The number of allylic oxidation sites excluding steroid dienone is 1. The van der Waals surface area contributed by atoms with Gasteiger partial charge in [0.25, 0.3) is 0 Å². The fraction of sp³-hybridized carbons (Fsp3) is 0.911. The summed E-state index contributed by atoms with van der Waals surface area (Å²) in [7, 11) is 0. The molecule has 0 spiro atoms. The lowest BCUT2D eigenvalue weighted by Crippen LogP contribution is -2.65. The van der Waals surface area contributed by atoms with Crippen molar-refractivity contribution in [3.8, 4) is 0 Å². The molecule has 3 saturated carbocycles. The van der Waals surface area contributed by atoms with Gasteiger partial charge in [-0.2, -0.15) is 0 Å². The van der Waals surface area contributed by atoms with Gasteiger partial charge in [0, 0.05) is 11.8 Å². The van der Waals surface area contributed by atoms with Crippen LogP contribution in [0.2, 0.25) is 0 Å². The van der Waals surface area contributed by atoms with Crippen LogP contribution in [0.5, 0.6) is 0 Å². The first-order chi connectivity index (χ1) is 30.2. The monoisotopic (exact) mass is 916 g/mol. The predicted octanol–water partition coefficient (Wildman–Crippen LogP) is -2.29. The van der Waals surface area contributed by atoms with Gasteiger partial charge in [-0.05, 0) is 80.5 Å². The lowest BCUT2D eigenvalue weighted by molar-refractivity contribution is -0.370. The second-order valence-corrected chi connectivity index (χ2v) is 20.7. The number of ether oxygens (including phenoxy) is 7. The van der Waals surface area contributed by atoms with E-state index < -0.39 is 129 Å². The van der Waals surface area contributed by atoms with Crippen LogP contribution in [0.4, 0.5) is 0 Å². The van der Waals surface area contributed by atoms with Crippen LogP contribution in [0, 0.1) is 40.4 Å². The van der Waals surface area contributed by atoms with E-state index in [4.69, 9.17) is 33.2 Å². The maximum atomic E-state index is 12.3. The van der Waals surface area contributed by atoms with E-state index in [1.165, 1.54) is 6.92 Å². The van der Waals surface area contributed by atoms with Gasteiger partial charge in [-0.3, -0.25) is 0 Å². The highest BCUT2D eigenvalue weighted by molar-refractivity contribution is 5.29. The third-order valence-corrected chi connectivity index (χ3v) is 17.0. The topological polar surface area (TPSA) is 307 Å². The Morgan fingerprint density at radius 2 is 1.36 bits per heavy atom. The van der Waals surface area contributed by atoms with Crippen molar-refractivity contribution in [3.05, 3.63) is 23.8 Å². The molecule has 4 aliphatic heterocycles. The lowest BCUT2D eigenvalue weighted by atomic mass is 9.45. The van der Waals surface area contributed by atoms with Crippen molar-refractivity contribution < 1.29 is 94.4 Å². The van der Waals surface area contributed by atoms with Crippen molar-refractivity contribution in [3.63, 3.8) is 0 Å². The number of fused-ring (bicyclic) bond motifs is 7. The third kappa shape index (κ3) is 8.38. The minimum atomic E-state index is -1.71. The second kappa shape index (κ2) is 18.9. The van der Waals surface area contributed by atoms with Crippen LogP contribution in [0.15, 0.2) is 23.8 Å². The third-order valence-electron chi connectivity index (χ3n) is 17.0. The van der Waals surface area contributed by atoms with Crippen molar-refractivity contribution >= 4 is 0 Å². The lowest BCUT2D eigenvalue weighted by Gasteiger charge is -2.61. The van der Waals surface area contributed by atoms with E-state index in [0.717, 1.165) is 17.6 Å². The summed E-state index contributed by atoms with van der Waals surface area (Å²) in [4.78, 5) is 0. The summed E-state index contributed by atoms with van der Waals surface area (Å²) in [5.41, 5.74) is 0.661. The zero-order chi connectivity index (χ0) is 46.3. The first-order valence-corrected chi connectivity index (χ1v) is 23.2. The highest BCUT2D eigenvalue weighted by Crippen LogP contribution is 2.69. The van der Waals surface area contributed by atoms with Crippen molar-refractivity contribution in [1.82, 2.24) is 0 Å². The number of rotatable bonds is 12. The van der Waals surface area contributed by atoms with Gasteiger partial charge in [-0.15, -0.1) is 0 Å². The molecule has 8 rings (SSSR count). The molecule has 0 amide bonds. The van der Waals surface area contributed by atoms with Gasteiger partial charge in [0.2, 0.25) is 0 Å². The van der Waals surface area contributed by atoms with Crippen LogP contribution in [-0.4, -0.2) is 204 Å². The Morgan fingerprint density at radius 1 is 0.719 bits per heavy atom. The average molecular weight is 917 g/mol. The quantitative estimate of drug-likeness (QED) is 0.0918. The maximum Gasteiger partial charge on any atom is 0.187 e. The van der Waals surface area contributed by atoms with Gasteiger partial charge >= 0.3 is 0 Å². The van der Waals surface area contributed by atoms with Crippen LogP contribution in [0.1, 0.15) is 72.6 Å². The molecule has 0 radical (unpaired) electrons. The molecule has 19 heteroatoms. The van der Waals surface area contributed by atoms with Crippen LogP contribution >= 0.6 is 0 Å². The van der Waals surface area contributed by atoms with Crippen LogP contribution in [-0.2, 0) is 33.2 Å². The summed E-state index contributed by atoms with van der Waals surface area (Å²) in [5, 5.41) is 128. The Morgan fingerprint density at radius 3 is 2.05 bits per heavy atom. The summed E-state index contributed by atoms with van der Waals surface area (Å²) in [6.45, 7) is 11.0. The first-order valence-electron chi connectivity index (χ1n) is 23.2. The fourth-order valence-corrected chi connectivity index (χ4v) is 13.5. The normalized spacial score (nSPS) is 54.9. The molecule has 0 aromatic rings. The van der Waals surface area contributed by atoms with E-state index in [2.05, 4.69) is 26.5 Å². The molecule has 64 heavy (non-hydrogen) atoms. The van der Waals surface area contributed by atoms with E-state index in [9.17, 15) is 61.3 Å². The Labute approximate surface area is 373 Å². The highest BCUT2D eigenvalue weighted by atomic mass is 16.8. The Balaban J connectivity index is 0.906. The standard InChI is InChI=1S/C45H72O19/c1-17(16-58-41-38(56)36(54)33(51)27(14-46)62-41)6-9-25-18(2)30-26(61-25)12-23-22-8-7-20-10-21(11-29(49)45(20,5)31(22)24(48)13-44(23,30)4)60-43-40(37(55)34(52)28(15-47)63-43)64-42-39(57)35(53)32(50)19(3)59-42/h7,18-19,21-43,46-57H,1,6,8-16H2,2-5H3/t18-,19+,21-,22+,23+,24-,25?,26?,27-,28-,29-,30+,31-,32+,33-,34-,35-,36+,37+,38-,39-,40-,41-,42+,43-,44+,45-/m1/s1. The Hall–Kier alpha value is -1.28. The summed E-state index contributed by atoms with van der Waals surface area (Å²) in [6, 6.07) is 0. The molecule has 4 saturated heterocycles. The zero-order valence-corrected chi connectivity index (χ0v) is 37.0. The zero-order valence-electron chi connectivity index (χ0n) is 37.0. The summed E-state index contributed by atoms with van der Waals surface area (Å²) in [6.07, 6.45) is -17.8. The van der Waals surface area contributed by atoms with Gasteiger partial charge in [0.15, 0.2) is 18.9 Å². The summed E-state index contributed by atoms with van der Waals surface area (Å²) >= 11 is 0. The van der Waals surface area contributed by atoms with E-state index in [1.54, 1.807) is 0 Å². The van der Waals surface area contributed by atoms with Crippen molar-refractivity contribution in [1.29, 1.82) is 0 Å². The SMILES string of the molecule is C=C(CCC1OC2C[C@H]3[C@@H]4CC=C5C[C@@H](O[C@@H]6O[C@H](CO)[C@@H](O)[C@H](O)[C@H]6O[C@@H]6O[C@@H](C)[C@H](O)[C@@H](O)[C@H]6O)C[C@@H](O)[C@]5(C)[C@H]4[C@H](O)C[C@]3(C)[C@H]2[C@@H]1C)CO[C@@H]1O[C@H](CO)[C@@H](O)[C@H](O)[C@H]1O. The second-order valence-electron chi connectivity index (χ2n) is 20.7. The van der Waals surface area contributed by atoms with Gasteiger partial charge in [-0.1, -0.05) is 44.6 Å². The van der Waals surface area contributed by atoms with Gasteiger partial charge < -0.3 is 94.4 Å². The number of hydrogen-bond acceptors (Lipinski definition) is 19. The molecule has 0 aromatic carbocycles. The number of hydrogen-bond donors (Lipinski definition) is 12. The molecule has 0 aromatic heterocycles. The smallest absolute Gasteiger partial charge is 0.187 e. The molecule has 0 bridgehead atoms. The molecule has 27 atom stereocenters. The highest BCUT2D eigenvalue weighted by Gasteiger charge is 2.68. The summed E-state index contributed by atoms with van der Waals surface area (Å²) in [5.74, 6) is 0.439. The minimum Gasteiger partial charge on any atom is -0.394 e. The molecule has 12 N–H and O–H groups in total. The average Bonchev–Trinajstić information content (AvgIpc) is 3.74. The summed E-state index contributed by atoms with van der Waals surface area (Å²) < 4.78 is 41.8. The van der Waals surface area contributed by atoms with Crippen molar-refractivity contribution in [2.45, 2.75) is 195 Å². The Bertz CT molecular complexity index is 1670. The van der Waals surface area contributed by atoms with E-state index in [0.29, 0.717) is 32.1 Å². The molecular formula is C45H72O19. The molecule has 366 valence electrons. The van der Waals surface area contributed by atoms with Gasteiger partial charge in [-0.25, -0.2) is 0 Å². The van der Waals surface area contributed by atoms with Gasteiger partial charge in [0.1, 0.15) is 67.1 Å². The maximum absolute atomic E-state index is 12.3. The van der Waals surface area contributed by atoms with Gasteiger partial charge in [0.05, 0.1) is 56.4 Å². The molecule has 2 unspecified atom stereocenters. The molecule has 7 fully saturated rings. The van der Waals surface area contributed by atoms with Crippen molar-refractivity contribution in [2.24, 2.45) is 40.4 Å². The fourth-order valence-electron chi connectivity index (χ4n) is 13.5. The van der Waals surface area contributed by atoms with Crippen LogP contribution in [0.25, 0.3) is 0 Å². The minimum absolute atomic E-state index is 0.00855. The van der Waals surface area contributed by atoms with Crippen LogP contribution < -0.4 is 0 Å². The van der Waals surface area contributed by atoms with Crippen molar-refractivity contribution in [2.75, 3.05) is 19.8 Å². The van der Waals surface area contributed by atoms with E-state index >= 15 is 0 Å². The van der Waals surface area contributed by atoms with E-state index in [1.807, 2.05) is 6.92 Å². The molecule has 4 heterocycles. The molecule has 4 aliphatic carbocycles. The predicted molar refractivity (Wildman–Crippen MR) is 219 cm³/mol. The number of aliphatic hydroxyl groups is 12. The Kier molecular flexibility index (Phi) is 14.5. The van der Waals surface area contributed by atoms with Crippen LogP contribution in [0.3, 0.4) is 0 Å². The molecule has 8 aliphatic rings. The molecular weight excluding hydrogens is 844 g/mol. The van der Waals surface area contributed by atoms with E-state index in [-0.39, 0.29) is 60.2 Å². The number of aliphatic hydroxyl groups excluding tert-OH is 12.